The third-order valence-electron chi connectivity index (χ3n) is 2.87. The van der Waals surface area contributed by atoms with Crippen molar-refractivity contribution in [3.63, 3.8) is 0 Å². The second-order valence-electron chi connectivity index (χ2n) is 4.24. The van der Waals surface area contributed by atoms with Crippen LogP contribution in [-0.2, 0) is 0 Å². The fourth-order valence-electron chi connectivity index (χ4n) is 1.79. The first-order valence-electron chi connectivity index (χ1n) is 6.07. The van der Waals surface area contributed by atoms with Crippen molar-refractivity contribution in [1.82, 2.24) is 15.1 Å². The zero-order chi connectivity index (χ0) is 14.8. The molecule has 0 fully saturated rings. The number of aromatic nitrogens is 3. The molecule has 106 valence electrons. The van der Waals surface area contributed by atoms with E-state index in [4.69, 9.17) is 15.0 Å². The van der Waals surface area contributed by atoms with Gasteiger partial charge in [0.1, 0.15) is 5.82 Å². The Morgan fingerprint density at radius 2 is 2.00 bits per heavy atom. The number of nitrogen functional groups attached to an aromatic ring is 1. The van der Waals surface area contributed by atoms with Crippen molar-refractivity contribution in [2.45, 2.75) is 0 Å². The molecular formula is C14H11FN4O2. The lowest BCUT2D eigenvalue weighted by Gasteiger charge is -2.02. The molecule has 0 bridgehead atoms. The normalized spacial score (nSPS) is 10.6. The second-order valence-corrected chi connectivity index (χ2v) is 4.24. The molecule has 0 radical (unpaired) electrons. The van der Waals surface area contributed by atoms with Gasteiger partial charge in [0.25, 0.3) is 5.89 Å². The first kappa shape index (κ1) is 13.0. The molecule has 2 heterocycles. The summed E-state index contributed by atoms with van der Waals surface area (Å²) in [6.07, 6.45) is 1.54. The lowest BCUT2D eigenvalue weighted by Crippen LogP contribution is -1.90. The average Bonchev–Trinajstić information content (AvgIpc) is 2.98. The monoisotopic (exact) mass is 286 g/mol. The number of anilines is 1. The van der Waals surface area contributed by atoms with E-state index < -0.39 is 5.82 Å². The molecule has 1 aromatic carbocycles. The molecule has 0 saturated heterocycles. The minimum Gasteiger partial charge on any atom is -0.494 e. The molecule has 0 atom stereocenters. The van der Waals surface area contributed by atoms with Crippen LogP contribution in [0.4, 0.5) is 10.2 Å². The fraction of sp³-hybridized carbons (Fsp3) is 0.0714. The van der Waals surface area contributed by atoms with E-state index in [-0.39, 0.29) is 5.75 Å². The summed E-state index contributed by atoms with van der Waals surface area (Å²) in [5.41, 5.74) is 6.76. The molecule has 0 unspecified atom stereocenters. The van der Waals surface area contributed by atoms with Gasteiger partial charge in [0.2, 0.25) is 5.82 Å². The largest absolute Gasteiger partial charge is 0.494 e. The first-order valence-corrected chi connectivity index (χ1v) is 6.07. The summed E-state index contributed by atoms with van der Waals surface area (Å²) in [4.78, 5) is 8.21. The summed E-state index contributed by atoms with van der Waals surface area (Å²) in [5.74, 6) is 0.711. The summed E-state index contributed by atoms with van der Waals surface area (Å²) in [5, 5.41) is 3.87. The Labute approximate surface area is 119 Å². The highest BCUT2D eigenvalue weighted by Crippen LogP contribution is 2.26. The maximum atomic E-state index is 13.4. The molecule has 0 amide bonds. The van der Waals surface area contributed by atoms with Crippen LogP contribution in [0.3, 0.4) is 0 Å². The molecule has 2 N–H and O–H groups in total. The molecule has 0 aliphatic rings. The van der Waals surface area contributed by atoms with Gasteiger partial charge in [-0.3, -0.25) is 0 Å². The quantitative estimate of drug-likeness (QED) is 0.796. The molecule has 6 nitrogen and oxygen atoms in total. The van der Waals surface area contributed by atoms with E-state index >= 15 is 0 Å². The van der Waals surface area contributed by atoms with Crippen LogP contribution in [0.1, 0.15) is 0 Å². The summed E-state index contributed by atoms with van der Waals surface area (Å²) >= 11 is 0. The number of hydrogen-bond donors (Lipinski definition) is 1. The van der Waals surface area contributed by atoms with Crippen LogP contribution in [-0.4, -0.2) is 22.2 Å². The number of ether oxygens (including phenoxy) is 1. The van der Waals surface area contributed by atoms with Gasteiger partial charge in [-0.15, -0.1) is 0 Å². The minimum absolute atomic E-state index is 0.119. The molecular weight excluding hydrogens is 275 g/mol. The van der Waals surface area contributed by atoms with Crippen molar-refractivity contribution in [2.24, 2.45) is 0 Å². The van der Waals surface area contributed by atoms with E-state index in [1.807, 2.05) is 0 Å². The standard InChI is InChI=1S/C14H11FN4O2/c1-20-11-6-8(2-4-10(11)15)13-18-14(21-19-13)9-3-5-12(16)17-7-9/h2-7H,1H3,(H2,16,17). The van der Waals surface area contributed by atoms with Crippen molar-refractivity contribution < 1.29 is 13.7 Å². The molecule has 3 aromatic rings. The molecule has 7 heteroatoms. The second kappa shape index (κ2) is 5.20. The van der Waals surface area contributed by atoms with Crippen LogP contribution in [0, 0.1) is 5.82 Å². The Balaban J connectivity index is 1.96. The van der Waals surface area contributed by atoms with E-state index in [2.05, 4.69) is 15.1 Å². The number of halogens is 1. The molecule has 2 aromatic heterocycles. The Bertz CT molecular complexity index is 771. The van der Waals surface area contributed by atoms with Crippen LogP contribution >= 0.6 is 0 Å². The highest BCUT2D eigenvalue weighted by Gasteiger charge is 2.13. The van der Waals surface area contributed by atoms with E-state index in [0.29, 0.717) is 28.7 Å². The molecule has 21 heavy (non-hydrogen) atoms. The minimum atomic E-state index is -0.451. The van der Waals surface area contributed by atoms with Gasteiger partial charge in [-0.05, 0) is 30.3 Å². The van der Waals surface area contributed by atoms with E-state index in [9.17, 15) is 4.39 Å². The number of methoxy groups -OCH3 is 1. The topological polar surface area (TPSA) is 87.1 Å². The summed E-state index contributed by atoms with van der Waals surface area (Å²) in [6, 6.07) is 7.71. The zero-order valence-corrected chi connectivity index (χ0v) is 11.1. The van der Waals surface area contributed by atoms with Gasteiger partial charge < -0.3 is 15.0 Å². The van der Waals surface area contributed by atoms with Crippen molar-refractivity contribution in [3.8, 4) is 28.6 Å². The summed E-state index contributed by atoms with van der Waals surface area (Å²) in [6.45, 7) is 0. The molecule has 0 aliphatic carbocycles. The van der Waals surface area contributed by atoms with Crippen molar-refractivity contribution >= 4 is 5.82 Å². The number of hydrogen-bond acceptors (Lipinski definition) is 6. The number of benzene rings is 1. The summed E-state index contributed by atoms with van der Waals surface area (Å²) in [7, 11) is 1.39. The van der Waals surface area contributed by atoms with Gasteiger partial charge in [0, 0.05) is 11.8 Å². The number of pyridine rings is 1. The van der Waals surface area contributed by atoms with Gasteiger partial charge in [-0.25, -0.2) is 9.37 Å². The highest BCUT2D eigenvalue weighted by atomic mass is 19.1. The summed E-state index contributed by atoms with van der Waals surface area (Å²) < 4.78 is 23.5. The van der Waals surface area contributed by atoms with Gasteiger partial charge in [-0.2, -0.15) is 4.98 Å². The van der Waals surface area contributed by atoms with E-state index in [0.717, 1.165) is 0 Å². The SMILES string of the molecule is COc1cc(-c2noc(-c3ccc(N)nc3)n2)ccc1F. The van der Waals surface area contributed by atoms with Gasteiger partial charge in [0.15, 0.2) is 11.6 Å². The third kappa shape index (κ3) is 2.53. The Morgan fingerprint density at radius 3 is 2.71 bits per heavy atom. The van der Waals surface area contributed by atoms with E-state index in [1.54, 1.807) is 18.2 Å². The van der Waals surface area contributed by atoms with Gasteiger partial charge in [-0.1, -0.05) is 5.16 Å². The Hall–Kier alpha value is -2.96. The third-order valence-corrected chi connectivity index (χ3v) is 2.87. The molecule has 0 spiro atoms. The van der Waals surface area contributed by atoms with Crippen LogP contribution < -0.4 is 10.5 Å². The maximum Gasteiger partial charge on any atom is 0.259 e. The number of rotatable bonds is 3. The van der Waals surface area contributed by atoms with Gasteiger partial charge >= 0.3 is 0 Å². The van der Waals surface area contributed by atoms with Crippen LogP contribution in [0.5, 0.6) is 5.75 Å². The molecule has 0 saturated carbocycles. The maximum absolute atomic E-state index is 13.4. The smallest absolute Gasteiger partial charge is 0.259 e. The lowest BCUT2D eigenvalue weighted by atomic mass is 10.2. The Kier molecular flexibility index (Phi) is 3.23. The molecule has 0 aliphatic heterocycles. The highest BCUT2D eigenvalue weighted by molar-refractivity contribution is 5.61. The van der Waals surface area contributed by atoms with Crippen LogP contribution in [0.15, 0.2) is 41.1 Å². The van der Waals surface area contributed by atoms with Gasteiger partial charge in [0.05, 0.1) is 12.7 Å². The van der Waals surface area contributed by atoms with E-state index in [1.165, 1.54) is 25.4 Å². The van der Waals surface area contributed by atoms with Crippen LogP contribution in [0.25, 0.3) is 22.8 Å². The van der Waals surface area contributed by atoms with Crippen LogP contribution in [0.2, 0.25) is 0 Å². The molecule has 3 rings (SSSR count). The predicted octanol–water partition coefficient (Wildman–Crippen LogP) is 2.53. The fourth-order valence-corrected chi connectivity index (χ4v) is 1.79. The van der Waals surface area contributed by atoms with Crippen molar-refractivity contribution in [3.05, 3.63) is 42.3 Å². The predicted molar refractivity (Wildman–Crippen MR) is 73.9 cm³/mol. The average molecular weight is 286 g/mol. The number of nitrogens with zero attached hydrogens (tertiary/aromatic N) is 3. The zero-order valence-electron chi connectivity index (χ0n) is 11.1. The first-order chi connectivity index (χ1) is 10.2. The Morgan fingerprint density at radius 1 is 1.19 bits per heavy atom. The van der Waals surface area contributed by atoms with Crippen molar-refractivity contribution in [2.75, 3.05) is 12.8 Å². The van der Waals surface area contributed by atoms with Crippen molar-refractivity contribution in [1.29, 1.82) is 0 Å². The number of nitrogens with two attached hydrogens (primary N) is 1. The lowest BCUT2D eigenvalue weighted by molar-refractivity contribution is 0.386.